The third-order valence-corrected chi connectivity index (χ3v) is 3.59. The molecule has 2 aliphatic heterocycles. The van der Waals surface area contributed by atoms with Crippen LogP contribution in [0.3, 0.4) is 0 Å². The van der Waals surface area contributed by atoms with E-state index in [1.165, 1.54) is 11.1 Å². The zero-order chi connectivity index (χ0) is 13.4. The van der Waals surface area contributed by atoms with Crippen molar-refractivity contribution < 1.29 is 0 Å². The van der Waals surface area contributed by atoms with Gasteiger partial charge in [-0.3, -0.25) is 0 Å². The van der Waals surface area contributed by atoms with Crippen LogP contribution in [0.15, 0.2) is 67.0 Å². The number of hydrogen-bond acceptors (Lipinski definition) is 2. The van der Waals surface area contributed by atoms with Gasteiger partial charge >= 0.3 is 0 Å². The van der Waals surface area contributed by atoms with Gasteiger partial charge < -0.3 is 4.57 Å². The van der Waals surface area contributed by atoms with Gasteiger partial charge in [0, 0.05) is 23.7 Å². The molecule has 0 N–H and O–H groups in total. The van der Waals surface area contributed by atoms with Crippen molar-refractivity contribution in [3.63, 3.8) is 0 Å². The number of fused-ring (bicyclic) bond motifs is 3. The highest BCUT2D eigenvalue weighted by Crippen LogP contribution is 2.28. The normalized spacial score (nSPS) is 11.2. The fourth-order valence-electron chi connectivity index (χ4n) is 2.64. The van der Waals surface area contributed by atoms with E-state index in [9.17, 15) is 0 Å². The van der Waals surface area contributed by atoms with Crippen LogP contribution in [0.5, 0.6) is 0 Å². The summed E-state index contributed by atoms with van der Waals surface area (Å²) in [6, 6.07) is 18.8. The van der Waals surface area contributed by atoms with Gasteiger partial charge in [-0.05, 0) is 11.6 Å². The predicted octanol–water partition coefficient (Wildman–Crippen LogP) is 3.58. The number of rotatable bonds is 2. The summed E-state index contributed by atoms with van der Waals surface area (Å²) in [6.07, 6.45) is 3.95. The number of nitrogens with zero attached hydrogens (tertiary/aromatic N) is 3. The van der Waals surface area contributed by atoms with Gasteiger partial charge in [-0.2, -0.15) is 5.10 Å². The van der Waals surface area contributed by atoms with E-state index in [0.717, 1.165) is 23.2 Å². The summed E-state index contributed by atoms with van der Waals surface area (Å²) >= 11 is 0. The fraction of sp³-hybridized carbons (Fsp3) is 0.0588. The van der Waals surface area contributed by atoms with Crippen molar-refractivity contribution in [1.29, 1.82) is 0 Å². The summed E-state index contributed by atoms with van der Waals surface area (Å²) < 4.78 is 2.26. The molecule has 3 heteroatoms. The Morgan fingerprint density at radius 3 is 2.60 bits per heavy atom. The van der Waals surface area contributed by atoms with Crippen molar-refractivity contribution in [3.05, 3.63) is 72.6 Å². The van der Waals surface area contributed by atoms with Gasteiger partial charge in [-0.1, -0.05) is 48.5 Å². The molecule has 0 saturated carbocycles. The van der Waals surface area contributed by atoms with Gasteiger partial charge in [0.1, 0.15) is 5.69 Å². The fourth-order valence-corrected chi connectivity index (χ4v) is 2.64. The van der Waals surface area contributed by atoms with Crippen molar-refractivity contribution >= 4 is 10.9 Å². The largest absolute Gasteiger partial charge is 0.342 e. The van der Waals surface area contributed by atoms with Crippen molar-refractivity contribution in [3.8, 4) is 11.3 Å². The predicted molar refractivity (Wildman–Crippen MR) is 79.7 cm³/mol. The molecular weight excluding hydrogens is 246 g/mol. The van der Waals surface area contributed by atoms with Crippen LogP contribution in [0.2, 0.25) is 0 Å². The molecule has 3 nitrogen and oxygen atoms in total. The third-order valence-electron chi connectivity index (χ3n) is 3.59. The van der Waals surface area contributed by atoms with E-state index in [4.69, 9.17) is 0 Å². The molecule has 0 spiro atoms. The number of pyridine rings is 1. The number of aromatic nitrogens is 3. The van der Waals surface area contributed by atoms with Crippen LogP contribution in [0.1, 0.15) is 5.56 Å². The number of para-hydroxylation sites is 1. The molecule has 0 atom stereocenters. The van der Waals surface area contributed by atoms with Gasteiger partial charge in [0.05, 0.1) is 11.7 Å². The van der Waals surface area contributed by atoms with Gasteiger partial charge in [0.2, 0.25) is 0 Å². The summed E-state index contributed by atoms with van der Waals surface area (Å²) in [7, 11) is 0. The second-order valence-electron chi connectivity index (χ2n) is 4.91. The lowest BCUT2D eigenvalue weighted by atomic mass is 10.1. The van der Waals surface area contributed by atoms with E-state index < -0.39 is 0 Å². The maximum absolute atomic E-state index is 4.23. The Hall–Kier alpha value is -2.68. The SMILES string of the molecule is c1ccc(Cn2cc3cnnc-3c3ccccc32)cc1. The molecule has 0 aromatic heterocycles. The minimum absolute atomic E-state index is 0.850. The molecule has 2 aromatic rings. The molecular formula is C17H13N3. The zero-order valence-corrected chi connectivity index (χ0v) is 10.9. The van der Waals surface area contributed by atoms with E-state index >= 15 is 0 Å². The number of hydrogen-bond donors (Lipinski definition) is 0. The van der Waals surface area contributed by atoms with E-state index in [-0.39, 0.29) is 0 Å². The highest BCUT2D eigenvalue weighted by atomic mass is 15.1. The van der Waals surface area contributed by atoms with E-state index in [1.54, 1.807) is 0 Å². The van der Waals surface area contributed by atoms with Crippen molar-refractivity contribution in [2.24, 2.45) is 0 Å². The highest BCUT2D eigenvalue weighted by Gasteiger charge is 2.12. The summed E-state index contributed by atoms with van der Waals surface area (Å²) in [5.74, 6) is 0. The summed E-state index contributed by atoms with van der Waals surface area (Å²) in [4.78, 5) is 0. The van der Waals surface area contributed by atoms with Crippen LogP contribution in [-0.4, -0.2) is 14.8 Å². The monoisotopic (exact) mass is 259 g/mol. The Bertz CT molecular complexity index is 833. The van der Waals surface area contributed by atoms with E-state index in [1.807, 2.05) is 18.3 Å². The van der Waals surface area contributed by atoms with Crippen LogP contribution < -0.4 is 0 Å². The van der Waals surface area contributed by atoms with Crippen LogP contribution >= 0.6 is 0 Å². The second-order valence-corrected chi connectivity index (χ2v) is 4.91. The summed E-state index contributed by atoms with van der Waals surface area (Å²) in [6.45, 7) is 0.850. The standard InChI is InChI=1S/C17H13N3/c1-2-6-13(7-3-1)11-20-12-14-10-18-19-17(14)15-8-4-5-9-16(15)20/h1-10,12H,11H2. The zero-order valence-electron chi connectivity index (χ0n) is 10.9. The van der Waals surface area contributed by atoms with E-state index in [2.05, 4.69) is 63.4 Å². The minimum Gasteiger partial charge on any atom is -0.342 e. The highest BCUT2D eigenvalue weighted by molar-refractivity contribution is 5.93. The first-order valence-corrected chi connectivity index (χ1v) is 6.65. The van der Waals surface area contributed by atoms with Crippen LogP contribution in [0, 0.1) is 0 Å². The van der Waals surface area contributed by atoms with Crippen LogP contribution in [-0.2, 0) is 6.54 Å². The molecule has 2 aliphatic rings. The molecule has 20 heavy (non-hydrogen) atoms. The van der Waals surface area contributed by atoms with Crippen molar-refractivity contribution in [1.82, 2.24) is 14.8 Å². The Morgan fingerprint density at radius 1 is 0.900 bits per heavy atom. The first-order valence-electron chi connectivity index (χ1n) is 6.65. The van der Waals surface area contributed by atoms with Gasteiger partial charge in [-0.25, -0.2) is 0 Å². The molecule has 2 heterocycles. The molecule has 0 fully saturated rings. The molecule has 96 valence electrons. The molecule has 2 aromatic carbocycles. The molecule has 0 unspecified atom stereocenters. The van der Waals surface area contributed by atoms with Gasteiger partial charge in [0.15, 0.2) is 0 Å². The smallest absolute Gasteiger partial charge is 0.105 e. The first-order chi connectivity index (χ1) is 9.92. The lowest BCUT2D eigenvalue weighted by molar-refractivity contribution is 0.828. The molecule has 0 saturated heterocycles. The van der Waals surface area contributed by atoms with E-state index in [0.29, 0.717) is 0 Å². The Morgan fingerprint density at radius 2 is 1.70 bits per heavy atom. The van der Waals surface area contributed by atoms with Gasteiger partial charge in [-0.15, -0.1) is 5.10 Å². The average molecular weight is 259 g/mol. The van der Waals surface area contributed by atoms with Crippen molar-refractivity contribution in [2.75, 3.05) is 0 Å². The Labute approximate surface area is 116 Å². The maximum Gasteiger partial charge on any atom is 0.105 e. The Kier molecular flexibility index (Phi) is 2.49. The summed E-state index contributed by atoms with van der Waals surface area (Å²) in [5.41, 5.74) is 4.53. The van der Waals surface area contributed by atoms with Crippen LogP contribution in [0.25, 0.3) is 22.2 Å². The number of benzene rings is 2. The molecule has 0 radical (unpaired) electrons. The second kappa shape index (κ2) is 4.46. The molecule has 0 aliphatic carbocycles. The molecule has 4 rings (SSSR count). The average Bonchev–Trinajstić information content (AvgIpc) is 2.97. The third kappa shape index (κ3) is 1.75. The molecule has 0 bridgehead atoms. The Balaban J connectivity index is 1.95. The lowest BCUT2D eigenvalue weighted by Crippen LogP contribution is -2.03. The quantitative estimate of drug-likeness (QED) is 0.551. The van der Waals surface area contributed by atoms with Gasteiger partial charge in [0.25, 0.3) is 0 Å². The summed E-state index contributed by atoms with van der Waals surface area (Å²) in [5, 5.41) is 9.42. The van der Waals surface area contributed by atoms with Crippen LogP contribution in [0.4, 0.5) is 0 Å². The molecule has 0 amide bonds. The minimum atomic E-state index is 0.850. The first kappa shape index (κ1) is 11.2. The maximum atomic E-state index is 4.23. The topological polar surface area (TPSA) is 30.7 Å². The van der Waals surface area contributed by atoms with Crippen molar-refractivity contribution in [2.45, 2.75) is 6.54 Å². The lowest BCUT2D eigenvalue weighted by Gasteiger charge is -2.14.